The molecule has 1 N–H and O–H groups in total. The summed E-state index contributed by atoms with van der Waals surface area (Å²) in [5.74, 6) is 1.06. The zero-order valence-corrected chi connectivity index (χ0v) is 12.6. The molecule has 2 heterocycles. The van der Waals surface area contributed by atoms with Gasteiger partial charge >= 0.3 is 0 Å². The molecule has 0 spiro atoms. The molecule has 1 aromatic rings. The zero-order valence-electron chi connectivity index (χ0n) is 12.6. The minimum Gasteiger partial charge on any atom is -0.468 e. The second kappa shape index (κ2) is 6.07. The van der Waals surface area contributed by atoms with E-state index in [1.54, 1.807) is 6.26 Å². The summed E-state index contributed by atoms with van der Waals surface area (Å²) >= 11 is 0. The van der Waals surface area contributed by atoms with Crippen molar-refractivity contribution in [1.29, 1.82) is 0 Å². The highest BCUT2D eigenvalue weighted by Gasteiger charge is 2.32. The van der Waals surface area contributed by atoms with Crippen LogP contribution in [0.5, 0.6) is 0 Å². The average Bonchev–Trinajstić information content (AvgIpc) is 2.75. The Kier molecular flexibility index (Phi) is 4.66. The van der Waals surface area contributed by atoms with Gasteiger partial charge in [0, 0.05) is 32.2 Å². The molecule has 0 radical (unpaired) electrons. The molecule has 4 nitrogen and oxygen atoms in total. The van der Waals surface area contributed by atoms with Gasteiger partial charge in [0.15, 0.2) is 0 Å². The maximum Gasteiger partial charge on any atom is 0.117 e. The number of likely N-dealkylation sites (N-methyl/N-ethyl adjacent to an activating group) is 2. The van der Waals surface area contributed by atoms with E-state index in [2.05, 4.69) is 42.1 Å². The van der Waals surface area contributed by atoms with Gasteiger partial charge in [-0.2, -0.15) is 0 Å². The van der Waals surface area contributed by atoms with Crippen LogP contribution < -0.4 is 5.32 Å². The van der Waals surface area contributed by atoms with Crippen molar-refractivity contribution in [1.82, 2.24) is 15.1 Å². The maximum atomic E-state index is 5.50. The van der Waals surface area contributed by atoms with E-state index in [-0.39, 0.29) is 0 Å². The van der Waals surface area contributed by atoms with Gasteiger partial charge in [0.05, 0.1) is 12.8 Å². The van der Waals surface area contributed by atoms with Gasteiger partial charge in [-0.15, -0.1) is 0 Å². The van der Waals surface area contributed by atoms with Crippen LogP contribution in [0.1, 0.15) is 19.6 Å². The van der Waals surface area contributed by atoms with Crippen LogP contribution in [0.15, 0.2) is 22.8 Å². The molecular formula is C15H27N3O. The summed E-state index contributed by atoms with van der Waals surface area (Å²) in [6.45, 7) is 9.96. The fraction of sp³-hybridized carbons (Fsp3) is 0.733. The lowest BCUT2D eigenvalue weighted by Crippen LogP contribution is -2.44. The molecule has 1 saturated heterocycles. The Balaban J connectivity index is 2.07. The third-order valence-corrected chi connectivity index (χ3v) is 3.82. The first-order valence-electron chi connectivity index (χ1n) is 7.10. The Bertz CT molecular complexity index is 375. The molecular weight excluding hydrogens is 238 g/mol. The van der Waals surface area contributed by atoms with Crippen molar-refractivity contribution in [3.63, 3.8) is 0 Å². The number of rotatable bonds is 4. The van der Waals surface area contributed by atoms with Crippen molar-refractivity contribution in [3.8, 4) is 0 Å². The van der Waals surface area contributed by atoms with Gasteiger partial charge < -0.3 is 14.6 Å². The molecule has 1 unspecified atom stereocenters. The van der Waals surface area contributed by atoms with Gasteiger partial charge in [0.2, 0.25) is 0 Å². The number of furan rings is 1. The summed E-state index contributed by atoms with van der Waals surface area (Å²) in [6, 6.07) is 4.59. The highest BCUT2D eigenvalue weighted by molar-refractivity contribution is 4.99. The normalized spacial score (nSPS) is 25.4. The van der Waals surface area contributed by atoms with Crippen LogP contribution in [0.25, 0.3) is 0 Å². The van der Waals surface area contributed by atoms with Gasteiger partial charge in [0.1, 0.15) is 5.76 Å². The number of nitrogens with zero attached hydrogens (tertiary/aromatic N) is 2. The molecule has 1 fully saturated rings. The lowest BCUT2D eigenvalue weighted by atomic mass is 9.92. The predicted octanol–water partition coefficient (Wildman–Crippen LogP) is 1.64. The van der Waals surface area contributed by atoms with Crippen molar-refractivity contribution in [3.05, 3.63) is 24.2 Å². The lowest BCUT2D eigenvalue weighted by Gasteiger charge is -2.30. The van der Waals surface area contributed by atoms with Crippen LogP contribution in [0, 0.1) is 5.41 Å². The van der Waals surface area contributed by atoms with E-state index in [0.717, 1.165) is 38.5 Å². The van der Waals surface area contributed by atoms with Crippen LogP contribution in [-0.2, 0) is 6.54 Å². The van der Waals surface area contributed by atoms with E-state index in [4.69, 9.17) is 4.42 Å². The van der Waals surface area contributed by atoms with E-state index in [0.29, 0.717) is 11.5 Å². The van der Waals surface area contributed by atoms with E-state index >= 15 is 0 Å². The highest BCUT2D eigenvalue weighted by atomic mass is 16.3. The quantitative estimate of drug-likeness (QED) is 0.897. The predicted molar refractivity (Wildman–Crippen MR) is 78.1 cm³/mol. The zero-order chi connectivity index (χ0) is 13.9. The van der Waals surface area contributed by atoms with Crippen molar-refractivity contribution in [2.45, 2.75) is 26.4 Å². The fourth-order valence-electron chi connectivity index (χ4n) is 3.16. The number of hydrogen-bond acceptors (Lipinski definition) is 4. The van der Waals surface area contributed by atoms with Gasteiger partial charge in [-0.05, 0) is 31.6 Å². The SMILES string of the molecule is CNCC1CN(Cc2ccco2)CC(C)(C)CN1C. The second-order valence-electron chi connectivity index (χ2n) is 6.54. The van der Waals surface area contributed by atoms with E-state index in [1.165, 1.54) is 0 Å². The second-order valence-corrected chi connectivity index (χ2v) is 6.54. The summed E-state index contributed by atoms with van der Waals surface area (Å²) in [6.07, 6.45) is 1.76. The van der Waals surface area contributed by atoms with Crippen LogP contribution in [0.2, 0.25) is 0 Å². The Labute approximate surface area is 116 Å². The van der Waals surface area contributed by atoms with Crippen molar-refractivity contribution in [2.24, 2.45) is 5.41 Å². The monoisotopic (exact) mass is 265 g/mol. The summed E-state index contributed by atoms with van der Waals surface area (Å²) in [4.78, 5) is 5.00. The van der Waals surface area contributed by atoms with Crippen molar-refractivity contribution >= 4 is 0 Å². The fourth-order valence-corrected chi connectivity index (χ4v) is 3.16. The van der Waals surface area contributed by atoms with E-state index < -0.39 is 0 Å². The average molecular weight is 265 g/mol. The smallest absolute Gasteiger partial charge is 0.117 e. The molecule has 1 atom stereocenters. The van der Waals surface area contributed by atoms with Gasteiger partial charge in [-0.3, -0.25) is 4.90 Å². The van der Waals surface area contributed by atoms with Gasteiger partial charge in [-0.1, -0.05) is 13.8 Å². The first kappa shape index (κ1) is 14.6. The number of hydrogen-bond donors (Lipinski definition) is 1. The Morgan fingerprint density at radius 2 is 2.21 bits per heavy atom. The molecule has 0 aliphatic carbocycles. The molecule has 0 bridgehead atoms. The first-order chi connectivity index (χ1) is 9.00. The molecule has 108 valence electrons. The Morgan fingerprint density at radius 1 is 1.42 bits per heavy atom. The van der Waals surface area contributed by atoms with E-state index in [9.17, 15) is 0 Å². The van der Waals surface area contributed by atoms with Crippen LogP contribution >= 0.6 is 0 Å². The summed E-state index contributed by atoms with van der Waals surface area (Å²) in [5.41, 5.74) is 0.309. The molecule has 0 saturated carbocycles. The molecule has 1 aromatic heterocycles. The Hall–Kier alpha value is -0.840. The first-order valence-corrected chi connectivity index (χ1v) is 7.10. The molecule has 1 aliphatic heterocycles. The molecule has 19 heavy (non-hydrogen) atoms. The minimum atomic E-state index is 0.309. The molecule has 0 aromatic carbocycles. The van der Waals surface area contributed by atoms with Crippen LogP contribution in [-0.4, -0.2) is 56.1 Å². The number of nitrogens with one attached hydrogen (secondary N) is 1. The van der Waals surface area contributed by atoms with Gasteiger partial charge in [0.25, 0.3) is 0 Å². The minimum absolute atomic E-state index is 0.309. The molecule has 1 aliphatic rings. The highest BCUT2D eigenvalue weighted by Crippen LogP contribution is 2.24. The molecule has 4 heteroatoms. The summed E-state index contributed by atoms with van der Waals surface area (Å²) < 4.78 is 5.50. The Morgan fingerprint density at radius 3 is 2.84 bits per heavy atom. The molecule has 2 rings (SSSR count). The summed E-state index contributed by atoms with van der Waals surface area (Å²) in [5, 5.41) is 3.31. The van der Waals surface area contributed by atoms with E-state index in [1.807, 2.05) is 13.1 Å². The molecule has 0 amide bonds. The lowest BCUT2D eigenvalue weighted by molar-refractivity contribution is 0.181. The van der Waals surface area contributed by atoms with Crippen LogP contribution in [0.4, 0.5) is 0 Å². The third-order valence-electron chi connectivity index (χ3n) is 3.82. The largest absolute Gasteiger partial charge is 0.468 e. The summed E-state index contributed by atoms with van der Waals surface area (Å²) in [7, 11) is 4.26. The maximum absolute atomic E-state index is 5.50. The van der Waals surface area contributed by atoms with Crippen LogP contribution in [0.3, 0.4) is 0 Å². The third kappa shape index (κ3) is 4.06. The standard InChI is InChI=1S/C15H27N3O/c1-15(2)11-17(4)13(8-16-3)9-18(12-15)10-14-6-5-7-19-14/h5-7,13,16H,8-12H2,1-4H3. The van der Waals surface area contributed by atoms with Gasteiger partial charge in [-0.25, -0.2) is 0 Å². The topological polar surface area (TPSA) is 31.6 Å². The van der Waals surface area contributed by atoms with Crippen molar-refractivity contribution < 1.29 is 4.42 Å². The van der Waals surface area contributed by atoms with Crippen molar-refractivity contribution in [2.75, 3.05) is 40.3 Å².